The summed E-state index contributed by atoms with van der Waals surface area (Å²) < 4.78 is 0. The highest BCUT2D eigenvalue weighted by Crippen LogP contribution is 1.84. The van der Waals surface area contributed by atoms with E-state index in [1.165, 1.54) is 0 Å². The van der Waals surface area contributed by atoms with E-state index in [1.54, 1.807) is 0 Å². The lowest BCUT2D eigenvalue weighted by Gasteiger charge is -2.07. The number of dihydropyridines is 1. The van der Waals surface area contributed by atoms with Gasteiger partial charge in [0.05, 0.1) is 6.17 Å². The minimum atomic E-state index is 0.0185. The first-order chi connectivity index (χ1) is 3.39. The van der Waals surface area contributed by atoms with E-state index in [0.29, 0.717) is 0 Å². The van der Waals surface area contributed by atoms with Crippen LogP contribution in [0.25, 0.3) is 0 Å². The van der Waals surface area contributed by atoms with E-state index >= 15 is 0 Å². The first-order valence-corrected chi connectivity index (χ1v) is 2.24. The van der Waals surface area contributed by atoms with Crippen LogP contribution >= 0.6 is 0 Å². The van der Waals surface area contributed by atoms with Gasteiger partial charge >= 0.3 is 0 Å². The van der Waals surface area contributed by atoms with Crippen LogP contribution in [0.1, 0.15) is 0 Å². The normalized spacial score (nSPS) is 27.3. The van der Waals surface area contributed by atoms with Crippen molar-refractivity contribution in [2.24, 2.45) is 5.73 Å². The maximum atomic E-state index is 5.39. The lowest BCUT2D eigenvalue weighted by molar-refractivity contribution is 0.727. The van der Waals surface area contributed by atoms with Crippen molar-refractivity contribution in [3.05, 3.63) is 24.4 Å². The minimum absolute atomic E-state index is 0.0185. The predicted octanol–water partition coefficient (Wildman–Crippen LogP) is -0.0557. The van der Waals surface area contributed by atoms with E-state index < -0.39 is 0 Å². The monoisotopic (exact) mass is 96.1 g/mol. The molecule has 0 aromatic heterocycles. The van der Waals surface area contributed by atoms with Crippen LogP contribution in [-0.4, -0.2) is 6.17 Å². The van der Waals surface area contributed by atoms with Crippen molar-refractivity contribution in [2.75, 3.05) is 0 Å². The molecule has 3 N–H and O–H groups in total. The molecule has 0 bridgehead atoms. The number of hydrogen-bond acceptors (Lipinski definition) is 2. The Morgan fingerprint density at radius 1 is 1.43 bits per heavy atom. The third-order valence-corrected chi connectivity index (χ3v) is 0.814. The predicted molar refractivity (Wildman–Crippen MR) is 29.4 cm³/mol. The Bertz CT molecular complexity index is 105. The summed E-state index contributed by atoms with van der Waals surface area (Å²) in [5.41, 5.74) is 5.39. The number of allylic oxidation sites excluding steroid dienone is 2. The smallest absolute Gasteiger partial charge is 0.0934 e. The average molecular weight is 96.1 g/mol. The fourth-order valence-corrected chi connectivity index (χ4v) is 0.462. The molecule has 0 aromatic rings. The average Bonchev–Trinajstić information content (AvgIpc) is 1.69. The molecular weight excluding hydrogens is 88.1 g/mol. The number of rotatable bonds is 0. The van der Waals surface area contributed by atoms with Crippen molar-refractivity contribution in [1.82, 2.24) is 5.32 Å². The summed E-state index contributed by atoms with van der Waals surface area (Å²) in [5, 5.41) is 2.89. The van der Waals surface area contributed by atoms with Gasteiger partial charge in [0, 0.05) is 0 Å². The molecular formula is C5H8N2. The molecule has 1 atom stereocenters. The quantitative estimate of drug-likeness (QED) is 0.443. The third kappa shape index (κ3) is 1.05. The molecule has 0 fully saturated rings. The first-order valence-electron chi connectivity index (χ1n) is 2.24. The molecule has 1 aliphatic heterocycles. The second-order valence-electron chi connectivity index (χ2n) is 1.44. The van der Waals surface area contributed by atoms with Gasteiger partial charge in [-0.3, -0.25) is 0 Å². The van der Waals surface area contributed by atoms with Crippen molar-refractivity contribution in [3.8, 4) is 0 Å². The first kappa shape index (κ1) is 4.40. The topological polar surface area (TPSA) is 38.0 Å². The van der Waals surface area contributed by atoms with Crippen LogP contribution in [0.3, 0.4) is 0 Å². The Morgan fingerprint density at radius 3 is 2.57 bits per heavy atom. The largest absolute Gasteiger partial charge is 0.373 e. The summed E-state index contributed by atoms with van der Waals surface area (Å²) in [7, 11) is 0. The summed E-state index contributed by atoms with van der Waals surface area (Å²) in [6.07, 6.45) is 7.56. The van der Waals surface area contributed by atoms with Gasteiger partial charge in [-0.25, -0.2) is 0 Å². The van der Waals surface area contributed by atoms with Crippen molar-refractivity contribution in [1.29, 1.82) is 0 Å². The van der Waals surface area contributed by atoms with Crippen LogP contribution in [0.15, 0.2) is 24.4 Å². The molecule has 0 amide bonds. The van der Waals surface area contributed by atoms with Gasteiger partial charge in [0.15, 0.2) is 0 Å². The van der Waals surface area contributed by atoms with E-state index in [2.05, 4.69) is 5.32 Å². The van der Waals surface area contributed by atoms with Crippen molar-refractivity contribution < 1.29 is 0 Å². The van der Waals surface area contributed by atoms with E-state index in [1.807, 2.05) is 24.4 Å². The van der Waals surface area contributed by atoms with Gasteiger partial charge in [-0.15, -0.1) is 0 Å². The summed E-state index contributed by atoms with van der Waals surface area (Å²) in [6.45, 7) is 0. The zero-order valence-electron chi connectivity index (χ0n) is 3.96. The summed E-state index contributed by atoms with van der Waals surface area (Å²) in [5.74, 6) is 0. The van der Waals surface area contributed by atoms with E-state index in [4.69, 9.17) is 5.73 Å². The molecule has 1 heterocycles. The summed E-state index contributed by atoms with van der Waals surface area (Å²) in [4.78, 5) is 0. The lowest BCUT2D eigenvalue weighted by Crippen LogP contribution is -2.32. The van der Waals surface area contributed by atoms with Crippen LogP contribution in [0.2, 0.25) is 0 Å². The van der Waals surface area contributed by atoms with Gasteiger partial charge in [-0.2, -0.15) is 0 Å². The van der Waals surface area contributed by atoms with Crippen molar-refractivity contribution in [3.63, 3.8) is 0 Å². The fraction of sp³-hybridized carbons (Fsp3) is 0.200. The fourth-order valence-electron chi connectivity index (χ4n) is 0.462. The molecule has 0 aromatic carbocycles. The van der Waals surface area contributed by atoms with Crippen LogP contribution in [0.4, 0.5) is 0 Å². The zero-order valence-corrected chi connectivity index (χ0v) is 3.96. The lowest BCUT2D eigenvalue weighted by atomic mass is 10.3. The third-order valence-electron chi connectivity index (χ3n) is 0.814. The Morgan fingerprint density at radius 2 is 2.29 bits per heavy atom. The Labute approximate surface area is 42.7 Å². The zero-order chi connectivity index (χ0) is 5.11. The van der Waals surface area contributed by atoms with Crippen LogP contribution in [-0.2, 0) is 0 Å². The molecule has 0 saturated heterocycles. The SMILES string of the molecule is NC1C=CC=CN1. The highest BCUT2D eigenvalue weighted by atomic mass is 15.0. The van der Waals surface area contributed by atoms with Gasteiger partial charge in [0.1, 0.15) is 0 Å². The molecule has 2 heteroatoms. The molecule has 1 aliphatic rings. The molecule has 1 unspecified atom stereocenters. The Kier molecular flexibility index (Phi) is 1.13. The molecule has 0 spiro atoms. The van der Waals surface area contributed by atoms with Gasteiger partial charge < -0.3 is 11.1 Å². The highest BCUT2D eigenvalue weighted by molar-refractivity contribution is 5.10. The second-order valence-corrected chi connectivity index (χ2v) is 1.44. The number of nitrogens with one attached hydrogen (secondary N) is 1. The van der Waals surface area contributed by atoms with Crippen LogP contribution in [0.5, 0.6) is 0 Å². The minimum Gasteiger partial charge on any atom is -0.373 e. The van der Waals surface area contributed by atoms with Crippen molar-refractivity contribution in [2.45, 2.75) is 6.17 Å². The van der Waals surface area contributed by atoms with E-state index in [-0.39, 0.29) is 6.17 Å². The Balaban J connectivity index is 2.49. The van der Waals surface area contributed by atoms with Crippen molar-refractivity contribution >= 4 is 0 Å². The molecule has 2 nitrogen and oxygen atoms in total. The molecule has 38 valence electrons. The van der Waals surface area contributed by atoms with Crippen LogP contribution in [0, 0.1) is 0 Å². The molecule has 0 aliphatic carbocycles. The molecule has 1 rings (SSSR count). The maximum absolute atomic E-state index is 5.39. The standard InChI is InChI=1S/C5H8N2/c6-5-3-1-2-4-7-5/h1-5,7H,6H2. The highest BCUT2D eigenvalue weighted by Gasteiger charge is 1.90. The molecule has 0 radical (unpaired) electrons. The Hall–Kier alpha value is -0.760. The summed E-state index contributed by atoms with van der Waals surface area (Å²) >= 11 is 0. The van der Waals surface area contributed by atoms with Gasteiger partial charge in [0.2, 0.25) is 0 Å². The molecule has 0 saturated carbocycles. The molecule has 7 heavy (non-hydrogen) atoms. The maximum Gasteiger partial charge on any atom is 0.0934 e. The number of nitrogens with two attached hydrogens (primary N) is 1. The summed E-state index contributed by atoms with van der Waals surface area (Å²) in [6, 6.07) is 0. The van der Waals surface area contributed by atoms with E-state index in [0.717, 1.165) is 0 Å². The number of hydrogen-bond donors (Lipinski definition) is 2. The van der Waals surface area contributed by atoms with Gasteiger partial charge in [0.25, 0.3) is 0 Å². The van der Waals surface area contributed by atoms with E-state index in [9.17, 15) is 0 Å². The van der Waals surface area contributed by atoms with Crippen LogP contribution < -0.4 is 11.1 Å². The van der Waals surface area contributed by atoms with Gasteiger partial charge in [-0.05, 0) is 18.4 Å². The second kappa shape index (κ2) is 1.80. The van der Waals surface area contributed by atoms with Gasteiger partial charge in [-0.1, -0.05) is 6.08 Å².